The maximum absolute atomic E-state index is 10.5. The molecule has 0 saturated heterocycles. The number of hydrogen-bond acceptors (Lipinski definition) is 8. The van der Waals surface area contributed by atoms with E-state index in [1.165, 1.54) is 10.9 Å². The highest BCUT2D eigenvalue weighted by Gasteiger charge is 2.11. The summed E-state index contributed by atoms with van der Waals surface area (Å²) in [5, 5.41) is 14.4. The first kappa shape index (κ1) is 12.7. The first-order chi connectivity index (χ1) is 8.95. The number of nitrogens with two attached hydrogens (primary N) is 1. The van der Waals surface area contributed by atoms with Gasteiger partial charge in [-0.25, -0.2) is 0 Å². The number of nitrogens with zero attached hydrogens (tertiary/aromatic N) is 7. The van der Waals surface area contributed by atoms with Crippen molar-refractivity contribution in [3.63, 3.8) is 0 Å². The molecule has 0 saturated carbocycles. The summed E-state index contributed by atoms with van der Waals surface area (Å²) in [7, 11) is 3.55. The van der Waals surface area contributed by atoms with Gasteiger partial charge in [0.15, 0.2) is 5.82 Å². The lowest BCUT2D eigenvalue weighted by molar-refractivity contribution is -0.385. The largest absolute Gasteiger partial charge is 0.368 e. The Hall–Kier alpha value is -2.78. The van der Waals surface area contributed by atoms with Gasteiger partial charge in [0.2, 0.25) is 11.9 Å². The Morgan fingerprint density at radius 3 is 2.74 bits per heavy atom. The number of nitro groups is 1. The van der Waals surface area contributed by atoms with Gasteiger partial charge in [0, 0.05) is 14.1 Å². The predicted molar refractivity (Wildman–Crippen MR) is 66.5 cm³/mol. The van der Waals surface area contributed by atoms with E-state index in [2.05, 4.69) is 20.1 Å². The van der Waals surface area contributed by atoms with Gasteiger partial charge in [-0.3, -0.25) is 14.8 Å². The van der Waals surface area contributed by atoms with Crippen LogP contribution in [0.15, 0.2) is 12.4 Å². The first-order valence-corrected chi connectivity index (χ1v) is 5.30. The Bertz CT molecular complexity index is 608. The van der Waals surface area contributed by atoms with Crippen LogP contribution in [0.2, 0.25) is 0 Å². The van der Waals surface area contributed by atoms with E-state index in [1.54, 1.807) is 19.0 Å². The molecule has 0 radical (unpaired) electrons. The molecular weight excluding hydrogens is 252 g/mol. The van der Waals surface area contributed by atoms with Crippen LogP contribution in [0.1, 0.15) is 5.82 Å². The molecule has 0 fully saturated rings. The van der Waals surface area contributed by atoms with E-state index in [0.717, 1.165) is 6.20 Å². The van der Waals surface area contributed by atoms with Gasteiger partial charge in [0.25, 0.3) is 0 Å². The SMILES string of the molecule is CN(C)c1nc(N)nc(Cn2cc([N+](=O)[O-])cn2)n1. The average molecular weight is 264 g/mol. The van der Waals surface area contributed by atoms with Crippen molar-refractivity contribution in [2.24, 2.45) is 0 Å². The summed E-state index contributed by atoms with van der Waals surface area (Å²) in [6, 6.07) is 0. The zero-order valence-electron chi connectivity index (χ0n) is 10.4. The molecule has 2 N–H and O–H groups in total. The monoisotopic (exact) mass is 264 g/mol. The van der Waals surface area contributed by atoms with Crippen molar-refractivity contribution in [1.82, 2.24) is 24.7 Å². The van der Waals surface area contributed by atoms with Crippen molar-refractivity contribution in [2.45, 2.75) is 6.54 Å². The molecule has 10 heteroatoms. The Kier molecular flexibility index (Phi) is 3.23. The summed E-state index contributed by atoms with van der Waals surface area (Å²) < 4.78 is 1.37. The molecular formula is C9H12N8O2. The molecule has 0 spiro atoms. The molecule has 0 bridgehead atoms. The molecule has 2 rings (SSSR count). The molecule has 0 aliphatic rings. The Balaban J connectivity index is 2.24. The highest BCUT2D eigenvalue weighted by Crippen LogP contribution is 2.10. The summed E-state index contributed by atoms with van der Waals surface area (Å²) >= 11 is 0. The quantitative estimate of drug-likeness (QED) is 0.587. The van der Waals surface area contributed by atoms with Crippen LogP contribution in [0.25, 0.3) is 0 Å². The standard InChI is InChI=1S/C9H12N8O2/c1-15(2)9-13-7(12-8(10)14-9)5-16-4-6(3-11-16)17(18)19/h3-4H,5H2,1-2H3,(H2,10,12,13,14). The van der Waals surface area contributed by atoms with Crippen molar-refractivity contribution in [3.8, 4) is 0 Å². The highest BCUT2D eigenvalue weighted by atomic mass is 16.6. The second-order valence-electron chi connectivity index (χ2n) is 3.96. The topological polar surface area (TPSA) is 129 Å². The lowest BCUT2D eigenvalue weighted by Gasteiger charge is -2.11. The van der Waals surface area contributed by atoms with Gasteiger partial charge in [-0.05, 0) is 0 Å². The zero-order valence-corrected chi connectivity index (χ0v) is 10.4. The van der Waals surface area contributed by atoms with Gasteiger partial charge in [-0.15, -0.1) is 0 Å². The van der Waals surface area contributed by atoms with E-state index in [9.17, 15) is 10.1 Å². The van der Waals surface area contributed by atoms with Gasteiger partial charge in [-0.1, -0.05) is 0 Å². The molecule has 0 aromatic carbocycles. The van der Waals surface area contributed by atoms with Gasteiger partial charge < -0.3 is 10.6 Å². The molecule has 0 unspecified atom stereocenters. The molecule has 2 heterocycles. The van der Waals surface area contributed by atoms with E-state index in [1.807, 2.05) is 0 Å². The number of anilines is 2. The van der Waals surface area contributed by atoms with E-state index < -0.39 is 4.92 Å². The summed E-state index contributed by atoms with van der Waals surface area (Å²) in [5.74, 6) is 0.897. The second kappa shape index (κ2) is 4.84. The number of rotatable bonds is 4. The van der Waals surface area contributed by atoms with E-state index >= 15 is 0 Å². The average Bonchev–Trinajstić information content (AvgIpc) is 2.76. The highest BCUT2D eigenvalue weighted by molar-refractivity contribution is 5.32. The van der Waals surface area contributed by atoms with Crippen LogP contribution in [0.4, 0.5) is 17.6 Å². The van der Waals surface area contributed by atoms with Crippen LogP contribution >= 0.6 is 0 Å². The third-order valence-corrected chi connectivity index (χ3v) is 2.22. The summed E-state index contributed by atoms with van der Waals surface area (Å²) in [6.07, 6.45) is 2.46. The lowest BCUT2D eigenvalue weighted by Crippen LogP contribution is -2.17. The molecule has 2 aromatic rings. The van der Waals surface area contributed by atoms with Crippen LogP contribution in [-0.2, 0) is 6.54 Å². The third kappa shape index (κ3) is 2.91. The van der Waals surface area contributed by atoms with Crippen molar-refractivity contribution in [1.29, 1.82) is 0 Å². The minimum absolute atomic E-state index is 0.0881. The molecule has 19 heavy (non-hydrogen) atoms. The van der Waals surface area contributed by atoms with Crippen molar-refractivity contribution >= 4 is 17.6 Å². The maximum Gasteiger partial charge on any atom is 0.307 e. The van der Waals surface area contributed by atoms with Crippen molar-refractivity contribution in [3.05, 3.63) is 28.3 Å². The van der Waals surface area contributed by atoms with Crippen LogP contribution in [0.3, 0.4) is 0 Å². The Labute approximate surface area is 108 Å². The van der Waals surface area contributed by atoms with Gasteiger partial charge in [0.05, 0.1) is 4.92 Å². The van der Waals surface area contributed by atoms with Gasteiger partial charge in [-0.2, -0.15) is 20.1 Å². The van der Waals surface area contributed by atoms with Crippen LogP contribution in [0, 0.1) is 10.1 Å². The normalized spacial score (nSPS) is 10.4. The molecule has 0 aliphatic heterocycles. The minimum Gasteiger partial charge on any atom is -0.368 e. The van der Waals surface area contributed by atoms with E-state index in [-0.39, 0.29) is 18.2 Å². The number of aromatic nitrogens is 5. The molecule has 0 atom stereocenters. The van der Waals surface area contributed by atoms with Crippen LogP contribution in [-0.4, -0.2) is 43.8 Å². The lowest BCUT2D eigenvalue weighted by atomic mass is 10.5. The minimum atomic E-state index is -0.517. The molecule has 0 amide bonds. The summed E-state index contributed by atoms with van der Waals surface area (Å²) in [5.41, 5.74) is 5.49. The van der Waals surface area contributed by atoms with Crippen LogP contribution in [0.5, 0.6) is 0 Å². The molecule has 2 aromatic heterocycles. The number of nitrogen functional groups attached to an aromatic ring is 1. The maximum atomic E-state index is 10.5. The van der Waals surface area contributed by atoms with E-state index in [4.69, 9.17) is 5.73 Å². The Morgan fingerprint density at radius 2 is 2.16 bits per heavy atom. The van der Waals surface area contributed by atoms with Crippen molar-refractivity contribution in [2.75, 3.05) is 24.7 Å². The molecule has 100 valence electrons. The second-order valence-corrected chi connectivity index (χ2v) is 3.96. The van der Waals surface area contributed by atoms with E-state index in [0.29, 0.717) is 11.8 Å². The first-order valence-electron chi connectivity index (χ1n) is 5.30. The Morgan fingerprint density at radius 1 is 1.42 bits per heavy atom. The third-order valence-electron chi connectivity index (χ3n) is 2.22. The predicted octanol–water partition coefficient (Wildman–Crippen LogP) is -0.327. The smallest absolute Gasteiger partial charge is 0.307 e. The molecule has 0 aliphatic carbocycles. The zero-order chi connectivity index (χ0) is 14.0. The van der Waals surface area contributed by atoms with Gasteiger partial charge >= 0.3 is 5.69 Å². The van der Waals surface area contributed by atoms with Crippen molar-refractivity contribution < 1.29 is 4.92 Å². The van der Waals surface area contributed by atoms with Crippen LogP contribution < -0.4 is 10.6 Å². The fraction of sp³-hybridized carbons (Fsp3) is 0.333. The number of hydrogen-bond donors (Lipinski definition) is 1. The van der Waals surface area contributed by atoms with Gasteiger partial charge in [0.1, 0.15) is 18.9 Å². The fourth-order valence-electron chi connectivity index (χ4n) is 1.37. The molecule has 10 nitrogen and oxygen atoms in total. The summed E-state index contributed by atoms with van der Waals surface area (Å²) in [6.45, 7) is 0.182. The fourth-order valence-corrected chi connectivity index (χ4v) is 1.37. The summed E-state index contributed by atoms with van der Waals surface area (Å²) in [4.78, 5) is 23.8.